The Morgan fingerprint density at radius 3 is 2.62 bits per heavy atom. The summed E-state index contributed by atoms with van der Waals surface area (Å²) >= 11 is 0. The Morgan fingerprint density at radius 2 is 1.89 bits per heavy atom. The van der Waals surface area contributed by atoms with Crippen molar-refractivity contribution in [3.63, 3.8) is 0 Å². The van der Waals surface area contributed by atoms with Crippen LogP contribution in [0.5, 0.6) is 0 Å². The van der Waals surface area contributed by atoms with E-state index in [1.165, 1.54) is 6.42 Å². The van der Waals surface area contributed by atoms with Crippen LogP contribution in [0.2, 0.25) is 0 Å². The molecule has 3 aliphatic heterocycles. The van der Waals surface area contributed by atoms with Gasteiger partial charge in [0.25, 0.3) is 0 Å². The minimum Gasteiger partial charge on any atom is -0.359 e. The fraction of sp³-hybridized carbons (Fsp3) is 0.448. The highest BCUT2D eigenvalue weighted by Crippen LogP contribution is 2.55. The summed E-state index contributed by atoms with van der Waals surface area (Å²) in [6, 6.07) is 10.5. The van der Waals surface area contributed by atoms with Crippen molar-refractivity contribution in [2.24, 2.45) is 11.8 Å². The lowest BCUT2D eigenvalue weighted by Gasteiger charge is -2.34. The van der Waals surface area contributed by atoms with E-state index >= 15 is 0 Å². The van der Waals surface area contributed by atoms with Gasteiger partial charge >= 0.3 is 0 Å². The number of hydrogen-bond acceptors (Lipinski definition) is 5. The molecule has 1 spiro atoms. The molecule has 3 amide bonds. The molecule has 2 N–H and O–H groups in total. The predicted octanol–water partition coefficient (Wildman–Crippen LogP) is 3.13. The lowest BCUT2D eigenvalue weighted by Crippen LogP contribution is -2.56. The van der Waals surface area contributed by atoms with E-state index in [4.69, 9.17) is 4.74 Å². The van der Waals surface area contributed by atoms with E-state index in [-0.39, 0.29) is 30.3 Å². The summed E-state index contributed by atoms with van der Waals surface area (Å²) in [7, 11) is 0. The number of rotatable bonds is 6. The zero-order chi connectivity index (χ0) is 25.6. The first kappa shape index (κ1) is 23.9. The summed E-state index contributed by atoms with van der Waals surface area (Å²) in [4.78, 5) is 47.2. The zero-order valence-corrected chi connectivity index (χ0v) is 20.9. The standard InChI is InChI=1S/C29H32N4O4/c1-18-9-11-21(12-10-18)31-26(34)23-22-13-14-29(37-22)24(23)28(36)33(17-19-6-5-15-30-16-19)25(29)27(35)32-20-7-3-2-4-8-20/h5-6,9-16,20,22-25H,2-4,7-8,17H2,1H3,(H,31,34)(H,32,35)/t22-,23-,24-,25+,29-/m1/s1. The van der Waals surface area contributed by atoms with E-state index < -0.39 is 29.6 Å². The summed E-state index contributed by atoms with van der Waals surface area (Å²) in [6.45, 7) is 2.21. The topological polar surface area (TPSA) is 101 Å². The first-order valence-electron chi connectivity index (χ1n) is 13.2. The highest BCUT2D eigenvalue weighted by Gasteiger charge is 2.72. The van der Waals surface area contributed by atoms with Gasteiger partial charge in [-0.3, -0.25) is 19.4 Å². The molecule has 2 bridgehead atoms. The van der Waals surface area contributed by atoms with Crippen molar-refractivity contribution in [2.45, 2.75) is 69.4 Å². The van der Waals surface area contributed by atoms with E-state index in [1.807, 2.05) is 55.5 Å². The molecule has 3 fully saturated rings. The number of nitrogens with zero attached hydrogens (tertiary/aromatic N) is 2. The molecular formula is C29H32N4O4. The Bertz CT molecular complexity index is 1220. The van der Waals surface area contributed by atoms with Gasteiger partial charge in [0.15, 0.2) is 0 Å². The maximum absolute atomic E-state index is 14.0. The molecule has 1 aromatic carbocycles. The lowest BCUT2D eigenvalue weighted by atomic mass is 9.74. The number of ether oxygens (including phenoxy) is 1. The third-order valence-electron chi connectivity index (χ3n) is 8.27. The Hall–Kier alpha value is -3.52. The normalized spacial score (nSPS) is 30.4. The largest absolute Gasteiger partial charge is 0.359 e. The molecule has 1 aromatic heterocycles. The summed E-state index contributed by atoms with van der Waals surface area (Å²) in [5, 5.41) is 6.18. The quantitative estimate of drug-likeness (QED) is 0.594. The van der Waals surface area contributed by atoms with Crippen LogP contribution in [0.4, 0.5) is 5.69 Å². The van der Waals surface area contributed by atoms with Crippen LogP contribution >= 0.6 is 0 Å². The number of hydrogen-bond donors (Lipinski definition) is 2. The molecule has 6 rings (SSSR count). The van der Waals surface area contributed by atoms with Gasteiger partial charge in [0.2, 0.25) is 17.7 Å². The molecule has 5 atom stereocenters. The van der Waals surface area contributed by atoms with Gasteiger partial charge in [-0.2, -0.15) is 0 Å². The minimum atomic E-state index is -1.17. The number of aryl methyl sites for hydroxylation is 1. The fourth-order valence-electron chi connectivity index (χ4n) is 6.52. The number of amides is 3. The maximum Gasteiger partial charge on any atom is 0.246 e. The van der Waals surface area contributed by atoms with Crippen molar-refractivity contribution in [1.29, 1.82) is 0 Å². The molecule has 8 heteroatoms. The van der Waals surface area contributed by atoms with Crippen molar-refractivity contribution in [2.75, 3.05) is 5.32 Å². The maximum atomic E-state index is 14.0. The van der Waals surface area contributed by atoms with Gasteiger partial charge in [-0.1, -0.05) is 55.2 Å². The number of aromatic nitrogens is 1. The summed E-state index contributed by atoms with van der Waals surface area (Å²) in [6.07, 6.45) is 11.7. The number of carbonyl (C=O) groups excluding carboxylic acids is 3. The average molecular weight is 501 g/mol. The number of benzene rings is 1. The van der Waals surface area contributed by atoms with Crippen LogP contribution in [0.25, 0.3) is 0 Å². The molecule has 4 heterocycles. The van der Waals surface area contributed by atoms with Crippen molar-refractivity contribution < 1.29 is 19.1 Å². The van der Waals surface area contributed by atoms with Crippen LogP contribution in [-0.2, 0) is 25.7 Å². The SMILES string of the molecule is Cc1ccc(NC(=O)[C@@H]2[C@H]3C=C[C@]4(O3)[C@H](C(=O)NC3CCCCC3)N(Cc3cccnc3)C(=O)[C@@H]24)cc1. The third-order valence-corrected chi connectivity index (χ3v) is 8.27. The highest BCUT2D eigenvalue weighted by molar-refractivity contribution is 6.02. The molecular weight excluding hydrogens is 468 g/mol. The van der Waals surface area contributed by atoms with Crippen LogP contribution < -0.4 is 10.6 Å². The van der Waals surface area contributed by atoms with Gasteiger partial charge in [0.05, 0.1) is 17.9 Å². The first-order valence-corrected chi connectivity index (χ1v) is 13.2. The second-order valence-corrected chi connectivity index (χ2v) is 10.7. The van der Waals surface area contributed by atoms with E-state index in [9.17, 15) is 14.4 Å². The van der Waals surface area contributed by atoms with Crippen LogP contribution in [0, 0.1) is 18.8 Å². The average Bonchev–Trinajstić information content (AvgIpc) is 3.54. The molecule has 0 radical (unpaired) electrons. The summed E-state index contributed by atoms with van der Waals surface area (Å²) < 4.78 is 6.42. The molecule has 192 valence electrons. The zero-order valence-electron chi connectivity index (χ0n) is 20.9. The Kier molecular flexibility index (Phi) is 6.07. The van der Waals surface area contributed by atoms with Crippen molar-refractivity contribution >= 4 is 23.4 Å². The molecule has 1 saturated carbocycles. The molecule has 0 unspecified atom stereocenters. The minimum absolute atomic E-state index is 0.0928. The molecule has 2 saturated heterocycles. The Balaban J connectivity index is 1.32. The second kappa shape index (κ2) is 9.41. The van der Waals surface area contributed by atoms with Crippen molar-refractivity contribution in [3.05, 3.63) is 72.1 Å². The van der Waals surface area contributed by atoms with Crippen LogP contribution in [0.15, 0.2) is 60.9 Å². The second-order valence-electron chi connectivity index (χ2n) is 10.7. The summed E-state index contributed by atoms with van der Waals surface area (Å²) in [5.41, 5.74) is 1.41. The first-order chi connectivity index (χ1) is 18.0. The van der Waals surface area contributed by atoms with Crippen LogP contribution in [-0.4, -0.2) is 51.4 Å². The van der Waals surface area contributed by atoms with E-state index in [2.05, 4.69) is 15.6 Å². The Morgan fingerprint density at radius 1 is 1.11 bits per heavy atom. The van der Waals surface area contributed by atoms with E-state index in [0.29, 0.717) is 5.69 Å². The van der Waals surface area contributed by atoms with Crippen LogP contribution in [0.1, 0.15) is 43.2 Å². The van der Waals surface area contributed by atoms with Gasteiger partial charge in [-0.25, -0.2) is 0 Å². The molecule has 37 heavy (non-hydrogen) atoms. The number of anilines is 1. The molecule has 4 aliphatic rings. The third kappa shape index (κ3) is 4.13. The fourth-order valence-corrected chi connectivity index (χ4v) is 6.52. The molecule has 2 aromatic rings. The Labute approximate surface area is 216 Å². The van der Waals surface area contributed by atoms with E-state index in [0.717, 1.165) is 36.8 Å². The summed E-state index contributed by atoms with van der Waals surface area (Å²) in [5.74, 6) is -2.21. The number of likely N-dealkylation sites (tertiary alicyclic amines) is 1. The van der Waals surface area contributed by atoms with Gasteiger partial charge in [0, 0.05) is 30.7 Å². The van der Waals surface area contributed by atoms with Gasteiger partial charge < -0.3 is 20.3 Å². The lowest BCUT2D eigenvalue weighted by molar-refractivity contribution is -0.142. The predicted molar refractivity (Wildman–Crippen MR) is 137 cm³/mol. The number of nitrogens with one attached hydrogen (secondary N) is 2. The highest BCUT2D eigenvalue weighted by atomic mass is 16.5. The van der Waals surface area contributed by atoms with Crippen molar-refractivity contribution in [1.82, 2.24) is 15.2 Å². The number of pyridine rings is 1. The molecule has 8 nitrogen and oxygen atoms in total. The number of fused-ring (bicyclic) bond motifs is 1. The van der Waals surface area contributed by atoms with Gasteiger partial charge in [-0.15, -0.1) is 0 Å². The van der Waals surface area contributed by atoms with Gasteiger partial charge in [-0.05, 0) is 43.5 Å². The van der Waals surface area contributed by atoms with Crippen molar-refractivity contribution in [3.8, 4) is 0 Å². The smallest absolute Gasteiger partial charge is 0.246 e. The number of carbonyl (C=O) groups is 3. The van der Waals surface area contributed by atoms with Crippen LogP contribution in [0.3, 0.4) is 0 Å². The van der Waals surface area contributed by atoms with E-state index in [1.54, 1.807) is 17.3 Å². The monoisotopic (exact) mass is 500 g/mol. The van der Waals surface area contributed by atoms with Gasteiger partial charge in [0.1, 0.15) is 11.6 Å². The molecule has 1 aliphatic carbocycles.